The lowest BCUT2D eigenvalue weighted by Gasteiger charge is -2.38. The second-order valence-corrected chi connectivity index (χ2v) is 9.47. The summed E-state index contributed by atoms with van der Waals surface area (Å²) < 4.78 is 6.11. The zero-order valence-corrected chi connectivity index (χ0v) is 18.8. The predicted octanol–water partition coefficient (Wildman–Crippen LogP) is 5.31. The van der Waals surface area contributed by atoms with Crippen molar-refractivity contribution in [2.45, 2.75) is 51.7 Å². The summed E-state index contributed by atoms with van der Waals surface area (Å²) >= 11 is 0. The Kier molecular flexibility index (Phi) is 4.92. The second-order valence-electron chi connectivity index (χ2n) is 9.47. The number of benzene rings is 3. The van der Waals surface area contributed by atoms with E-state index < -0.39 is 0 Å². The molecule has 0 bridgehead atoms. The third-order valence-electron chi connectivity index (χ3n) is 6.39. The van der Waals surface area contributed by atoms with Gasteiger partial charge in [0.15, 0.2) is 0 Å². The van der Waals surface area contributed by atoms with Crippen LogP contribution in [0.25, 0.3) is 10.8 Å². The minimum absolute atomic E-state index is 0.00234. The van der Waals surface area contributed by atoms with Crippen LogP contribution in [0.2, 0.25) is 0 Å². The van der Waals surface area contributed by atoms with Crippen molar-refractivity contribution >= 4 is 28.3 Å². The maximum atomic E-state index is 12.9. The normalized spacial score (nSPS) is 18.4. The van der Waals surface area contributed by atoms with E-state index in [0.29, 0.717) is 19.4 Å². The van der Waals surface area contributed by atoms with E-state index in [-0.39, 0.29) is 23.5 Å². The van der Waals surface area contributed by atoms with Crippen LogP contribution in [-0.4, -0.2) is 24.0 Å². The molecular formula is C27H28N2O3. The van der Waals surface area contributed by atoms with Crippen LogP contribution in [0.5, 0.6) is 5.75 Å². The van der Waals surface area contributed by atoms with Gasteiger partial charge in [-0.05, 0) is 50.8 Å². The van der Waals surface area contributed by atoms with Crippen molar-refractivity contribution in [1.29, 1.82) is 0 Å². The summed E-state index contributed by atoms with van der Waals surface area (Å²) in [5, 5.41) is 5.30. The van der Waals surface area contributed by atoms with Gasteiger partial charge in [-0.25, -0.2) is 0 Å². The first-order valence-corrected chi connectivity index (χ1v) is 11.2. The van der Waals surface area contributed by atoms with Crippen molar-refractivity contribution in [3.8, 4) is 5.75 Å². The van der Waals surface area contributed by atoms with E-state index in [1.807, 2.05) is 69.3 Å². The molecule has 164 valence electrons. The molecule has 5 heteroatoms. The van der Waals surface area contributed by atoms with Crippen LogP contribution in [0, 0.1) is 6.92 Å². The van der Waals surface area contributed by atoms with Gasteiger partial charge in [-0.15, -0.1) is 0 Å². The van der Waals surface area contributed by atoms with E-state index in [0.717, 1.165) is 45.3 Å². The Balaban J connectivity index is 1.25. The molecule has 0 saturated heterocycles. The predicted molar refractivity (Wildman–Crippen MR) is 126 cm³/mol. The van der Waals surface area contributed by atoms with Crippen LogP contribution in [0.1, 0.15) is 60.6 Å². The molecule has 5 nitrogen and oxygen atoms in total. The number of amides is 2. The minimum atomic E-state index is -0.341. The fourth-order valence-corrected chi connectivity index (χ4v) is 4.97. The fraction of sp³-hybridized carbons (Fsp3) is 0.333. The lowest BCUT2D eigenvalue weighted by Crippen LogP contribution is -2.41. The van der Waals surface area contributed by atoms with Gasteiger partial charge in [0.1, 0.15) is 11.4 Å². The van der Waals surface area contributed by atoms with Gasteiger partial charge >= 0.3 is 0 Å². The van der Waals surface area contributed by atoms with Crippen molar-refractivity contribution in [2.75, 3.05) is 11.4 Å². The Hall–Kier alpha value is -3.34. The highest BCUT2D eigenvalue weighted by Gasteiger charge is 2.34. The van der Waals surface area contributed by atoms with Crippen molar-refractivity contribution in [3.05, 3.63) is 71.3 Å². The standard InChI is InChI=1S/C27H28N2O3/c1-17-12-13-23-20(15-17)21(16-27(2,3)32-23)28-24(30)11-6-14-29-22-10-5-8-18-7-4-9-19(25(18)22)26(29)31/h4-5,7-10,12-13,15,21H,6,11,14,16H2,1-3H3,(H,28,30)/t21-/m1/s1. The lowest BCUT2D eigenvalue weighted by atomic mass is 9.89. The van der Waals surface area contributed by atoms with E-state index >= 15 is 0 Å². The quantitative estimate of drug-likeness (QED) is 0.599. The highest BCUT2D eigenvalue weighted by molar-refractivity contribution is 6.25. The third kappa shape index (κ3) is 3.62. The lowest BCUT2D eigenvalue weighted by molar-refractivity contribution is -0.122. The van der Waals surface area contributed by atoms with Crippen molar-refractivity contribution in [3.63, 3.8) is 0 Å². The Morgan fingerprint density at radius 3 is 2.75 bits per heavy atom. The molecule has 0 aliphatic carbocycles. The van der Waals surface area contributed by atoms with E-state index in [4.69, 9.17) is 4.74 Å². The number of fused-ring (bicyclic) bond motifs is 1. The molecule has 1 atom stereocenters. The molecule has 2 heterocycles. The first kappa shape index (κ1) is 20.6. The zero-order valence-electron chi connectivity index (χ0n) is 18.8. The molecule has 3 aromatic carbocycles. The number of aryl methyl sites for hydroxylation is 1. The molecule has 0 fully saturated rings. The smallest absolute Gasteiger partial charge is 0.258 e. The highest BCUT2D eigenvalue weighted by Crippen LogP contribution is 2.40. The molecule has 2 aliphatic rings. The molecule has 3 aromatic rings. The monoisotopic (exact) mass is 428 g/mol. The van der Waals surface area contributed by atoms with Crippen LogP contribution in [0.3, 0.4) is 0 Å². The minimum Gasteiger partial charge on any atom is -0.487 e. The number of anilines is 1. The van der Waals surface area contributed by atoms with Crippen molar-refractivity contribution in [2.24, 2.45) is 0 Å². The zero-order chi connectivity index (χ0) is 22.5. The summed E-state index contributed by atoms with van der Waals surface area (Å²) in [6.45, 7) is 6.66. The number of carbonyl (C=O) groups is 2. The topological polar surface area (TPSA) is 58.6 Å². The van der Waals surface area contributed by atoms with Crippen LogP contribution in [0.15, 0.2) is 54.6 Å². The Labute approximate surface area is 188 Å². The van der Waals surface area contributed by atoms with Gasteiger partial charge < -0.3 is 15.0 Å². The van der Waals surface area contributed by atoms with Gasteiger partial charge in [0, 0.05) is 35.9 Å². The summed E-state index contributed by atoms with van der Waals surface area (Å²) in [4.78, 5) is 27.6. The summed E-state index contributed by atoms with van der Waals surface area (Å²) in [6, 6.07) is 17.9. The first-order chi connectivity index (χ1) is 15.3. The Morgan fingerprint density at radius 1 is 1.16 bits per heavy atom. The van der Waals surface area contributed by atoms with Crippen LogP contribution < -0.4 is 15.0 Å². The van der Waals surface area contributed by atoms with Gasteiger partial charge in [0.25, 0.3) is 5.91 Å². The molecule has 5 rings (SSSR count). The average Bonchev–Trinajstić information content (AvgIpc) is 3.02. The molecule has 2 amide bonds. The molecule has 2 aliphatic heterocycles. The number of ether oxygens (including phenoxy) is 1. The molecule has 32 heavy (non-hydrogen) atoms. The van der Waals surface area contributed by atoms with Gasteiger partial charge in [-0.2, -0.15) is 0 Å². The summed E-state index contributed by atoms with van der Waals surface area (Å²) in [5.74, 6) is 0.862. The summed E-state index contributed by atoms with van der Waals surface area (Å²) in [6.07, 6.45) is 1.70. The SMILES string of the molecule is Cc1ccc2c(c1)[C@H](NC(=O)CCCN1C(=O)c3cccc4cccc1c34)CC(C)(C)O2. The molecule has 0 spiro atoms. The van der Waals surface area contributed by atoms with Crippen LogP contribution in [0.4, 0.5) is 5.69 Å². The highest BCUT2D eigenvalue weighted by atomic mass is 16.5. The van der Waals surface area contributed by atoms with E-state index in [1.54, 1.807) is 4.90 Å². The van der Waals surface area contributed by atoms with Gasteiger partial charge in [-0.1, -0.05) is 42.0 Å². The summed E-state index contributed by atoms with van der Waals surface area (Å²) in [7, 11) is 0. The molecule has 1 N–H and O–H groups in total. The molecule has 0 aromatic heterocycles. The number of nitrogens with zero attached hydrogens (tertiary/aromatic N) is 1. The Morgan fingerprint density at radius 2 is 1.94 bits per heavy atom. The molecule has 0 radical (unpaired) electrons. The number of nitrogens with one attached hydrogen (secondary N) is 1. The van der Waals surface area contributed by atoms with Gasteiger partial charge in [0.2, 0.25) is 5.91 Å². The first-order valence-electron chi connectivity index (χ1n) is 11.2. The van der Waals surface area contributed by atoms with Gasteiger partial charge in [-0.3, -0.25) is 9.59 Å². The van der Waals surface area contributed by atoms with Crippen LogP contribution >= 0.6 is 0 Å². The largest absolute Gasteiger partial charge is 0.487 e. The van der Waals surface area contributed by atoms with Crippen molar-refractivity contribution in [1.82, 2.24) is 5.32 Å². The fourth-order valence-electron chi connectivity index (χ4n) is 4.97. The van der Waals surface area contributed by atoms with E-state index in [1.165, 1.54) is 0 Å². The summed E-state index contributed by atoms with van der Waals surface area (Å²) in [5.41, 5.74) is 3.53. The second kappa shape index (κ2) is 7.66. The molecular weight excluding hydrogens is 400 g/mol. The number of carbonyl (C=O) groups excluding carboxylic acids is 2. The van der Waals surface area contributed by atoms with Gasteiger partial charge in [0.05, 0.1) is 11.7 Å². The molecule has 0 unspecified atom stereocenters. The number of hydrogen-bond donors (Lipinski definition) is 1. The van der Waals surface area contributed by atoms with E-state index in [9.17, 15) is 9.59 Å². The number of hydrogen-bond acceptors (Lipinski definition) is 3. The molecule has 0 saturated carbocycles. The maximum absolute atomic E-state index is 12.9. The van der Waals surface area contributed by atoms with Crippen molar-refractivity contribution < 1.29 is 14.3 Å². The Bertz CT molecular complexity index is 1230. The van der Waals surface area contributed by atoms with Crippen LogP contribution in [-0.2, 0) is 4.79 Å². The third-order valence-corrected chi connectivity index (χ3v) is 6.39. The maximum Gasteiger partial charge on any atom is 0.258 e. The average molecular weight is 429 g/mol. The number of rotatable bonds is 5. The van der Waals surface area contributed by atoms with E-state index in [2.05, 4.69) is 11.4 Å².